The van der Waals surface area contributed by atoms with Gasteiger partial charge in [-0.05, 0) is 24.6 Å². The van der Waals surface area contributed by atoms with E-state index in [-0.39, 0.29) is 0 Å². The fourth-order valence-electron chi connectivity index (χ4n) is 2.20. The first-order valence-electron chi connectivity index (χ1n) is 7.43. The van der Waals surface area contributed by atoms with Gasteiger partial charge in [-0.2, -0.15) is 0 Å². The van der Waals surface area contributed by atoms with Crippen molar-refractivity contribution in [2.24, 2.45) is 0 Å². The van der Waals surface area contributed by atoms with Crippen molar-refractivity contribution < 1.29 is 14.3 Å². The van der Waals surface area contributed by atoms with Crippen LogP contribution < -0.4 is 10.1 Å². The van der Waals surface area contributed by atoms with Crippen molar-refractivity contribution in [2.45, 2.75) is 13.5 Å². The van der Waals surface area contributed by atoms with Crippen LogP contribution in [0.2, 0.25) is 0 Å². The monoisotopic (exact) mass is 312 g/mol. The van der Waals surface area contributed by atoms with Crippen LogP contribution in [0.5, 0.6) is 5.75 Å². The van der Waals surface area contributed by atoms with Crippen LogP contribution in [0, 0.1) is 0 Å². The SMILES string of the molecule is CCN(Cc1ccccc1)C(=O)C(=O)Nc1ccccc1OC. The first-order chi connectivity index (χ1) is 11.2. The molecule has 0 fully saturated rings. The average molecular weight is 312 g/mol. The summed E-state index contributed by atoms with van der Waals surface area (Å²) in [6, 6.07) is 16.6. The Labute approximate surface area is 135 Å². The van der Waals surface area contributed by atoms with Crippen LogP contribution in [-0.2, 0) is 16.1 Å². The molecule has 0 radical (unpaired) electrons. The minimum Gasteiger partial charge on any atom is -0.495 e. The zero-order chi connectivity index (χ0) is 16.7. The third kappa shape index (κ3) is 4.32. The van der Waals surface area contributed by atoms with Gasteiger partial charge < -0.3 is 15.0 Å². The third-order valence-electron chi connectivity index (χ3n) is 3.43. The number of amides is 2. The number of ether oxygens (including phenoxy) is 1. The van der Waals surface area contributed by atoms with Gasteiger partial charge in [-0.25, -0.2) is 0 Å². The standard InChI is InChI=1S/C18H20N2O3/c1-3-20(13-14-9-5-4-6-10-14)18(22)17(21)19-15-11-7-8-12-16(15)23-2/h4-12H,3,13H2,1-2H3,(H,19,21). The van der Waals surface area contributed by atoms with Crippen molar-refractivity contribution in [2.75, 3.05) is 19.0 Å². The molecule has 0 unspecified atom stereocenters. The van der Waals surface area contributed by atoms with Gasteiger partial charge in [-0.1, -0.05) is 42.5 Å². The van der Waals surface area contributed by atoms with E-state index in [0.29, 0.717) is 24.5 Å². The van der Waals surface area contributed by atoms with Gasteiger partial charge in [0, 0.05) is 13.1 Å². The molecule has 0 aliphatic heterocycles. The fraction of sp³-hybridized carbons (Fsp3) is 0.222. The summed E-state index contributed by atoms with van der Waals surface area (Å²) in [7, 11) is 1.51. The number of methoxy groups -OCH3 is 1. The van der Waals surface area contributed by atoms with Gasteiger partial charge >= 0.3 is 11.8 Å². The quantitative estimate of drug-likeness (QED) is 0.864. The lowest BCUT2D eigenvalue weighted by atomic mass is 10.2. The van der Waals surface area contributed by atoms with Crippen LogP contribution in [0.1, 0.15) is 12.5 Å². The van der Waals surface area contributed by atoms with E-state index in [1.54, 1.807) is 24.3 Å². The number of carbonyl (C=O) groups excluding carboxylic acids is 2. The summed E-state index contributed by atoms with van der Waals surface area (Å²) in [4.78, 5) is 26.1. The summed E-state index contributed by atoms with van der Waals surface area (Å²) >= 11 is 0. The molecule has 0 aromatic heterocycles. The van der Waals surface area contributed by atoms with Crippen molar-refractivity contribution in [3.63, 3.8) is 0 Å². The van der Waals surface area contributed by atoms with E-state index < -0.39 is 11.8 Å². The summed E-state index contributed by atoms with van der Waals surface area (Å²) < 4.78 is 5.17. The number of benzene rings is 2. The maximum absolute atomic E-state index is 12.4. The zero-order valence-electron chi connectivity index (χ0n) is 13.3. The Hall–Kier alpha value is -2.82. The molecule has 0 aliphatic carbocycles. The summed E-state index contributed by atoms with van der Waals surface area (Å²) in [5, 5.41) is 2.61. The molecule has 1 N–H and O–H groups in total. The van der Waals surface area contributed by atoms with E-state index >= 15 is 0 Å². The first kappa shape index (κ1) is 16.5. The number of rotatable bonds is 5. The van der Waals surface area contributed by atoms with E-state index in [0.717, 1.165) is 5.56 Å². The molecule has 5 heteroatoms. The van der Waals surface area contributed by atoms with Crippen LogP contribution >= 0.6 is 0 Å². The van der Waals surface area contributed by atoms with Gasteiger partial charge in [0.15, 0.2) is 0 Å². The van der Waals surface area contributed by atoms with Crippen LogP contribution in [0.4, 0.5) is 5.69 Å². The van der Waals surface area contributed by atoms with Crippen LogP contribution in [0.15, 0.2) is 54.6 Å². The van der Waals surface area contributed by atoms with Crippen LogP contribution in [0.25, 0.3) is 0 Å². The van der Waals surface area contributed by atoms with Gasteiger partial charge in [0.25, 0.3) is 0 Å². The van der Waals surface area contributed by atoms with Gasteiger partial charge in [0.2, 0.25) is 0 Å². The number of nitrogens with one attached hydrogen (secondary N) is 1. The van der Waals surface area contributed by atoms with E-state index in [2.05, 4.69) is 5.32 Å². The van der Waals surface area contributed by atoms with Gasteiger partial charge in [-0.3, -0.25) is 9.59 Å². The van der Waals surface area contributed by atoms with Crippen LogP contribution in [-0.4, -0.2) is 30.4 Å². The smallest absolute Gasteiger partial charge is 0.314 e. The summed E-state index contributed by atoms with van der Waals surface area (Å²) in [5.41, 5.74) is 1.46. The Kier molecular flexibility index (Phi) is 5.74. The van der Waals surface area contributed by atoms with E-state index in [1.807, 2.05) is 37.3 Å². The molecule has 0 atom stereocenters. The van der Waals surface area contributed by atoms with Crippen molar-refractivity contribution in [3.8, 4) is 5.75 Å². The average Bonchev–Trinajstić information content (AvgIpc) is 2.60. The van der Waals surface area contributed by atoms with Crippen LogP contribution in [0.3, 0.4) is 0 Å². The molecule has 2 aromatic rings. The maximum Gasteiger partial charge on any atom is 0.314 e. The Bertz CT molecular complexity index is 671. The van der Waals surface area contributed by atoms with Gasteiger partial charge in [-0.15, -0.1) is 0 Å². The predicted octanol–water partition coefficient (Wildman–Crippen LogP) is 2.68. The lowest BCUT2D eigenvalue weighted by Crippen LogP contribution is -2.39. The molecule has 2 aromatic carbocycles. The van der Waals surface area contributed by atoms with E-state index in [1.165, 1.54) is 12.0 Å². The molecule has 0 heterocycles. The first-order valence-corrected chi connectivity index (χ1v) is 7.43. The third-order valence-corrected chi connectivity index (χ3v) is 3.43. The number of nitrogens with zero attached hydrogens (tertiary/aromatic N) is 1. The lowest BCUT2D eigenvalue weighted by molar-refractivity contribution is -0.143. The van der Waals surface area contributed by atoms with Crippen molar-refractivity contribution in [1.82, 2.24) is 4.90 Å². The largest absolute Gasteiger partial charge is 0.495 e. The molecule has 0 bridgehead atoms. The molecule has 0 saturated carbocycles. The summed E-state index contributed by atoms with van der Waals surface area (Å²) in [6.45, 7) is 2.69. The predicted molar refractivity (Wildman–Crippen MR) is 89.2 cm³/mol. The number of hydrogen-bond donors (Lipinski definition) is 1. The molecule has 0 saturated heterocycles. The number of para-hydroxylation sites is 2. The molecule has 0 aliphatic rings. The molecule has 23 heavy (non-hydrogen) atoms. The Morgan fingerprint density at radius 1 is 1.04 bits per heavy atom. The highest BCUT2D eigenvalue weighted by Gasteiger charge is 2.21. The van der Waals surface area contributed by atoms with E-state index in [4.69, 9.17) is 4.74 Å². The number of hydrogen-bond acceptors (Lipinski definition) is 3. The van der Waals surface area contributed by atoms with E-state index in [9.17, 15) is 9.59 Å². The molecule has 120 valence electrons. The lowest BCUT2D eigenvalue weighted by Gasteiger charge is -2.20. The highest BCUT2D eigenvalue weighted by Crippen LogP contribution is 2.23. The van der Waals surface area contributed by atoms with Gasteiger partial charge in [0.05, 0.1) is 12.8 Å². The van der Waals surface area contributed by atoms with Crippen molar-refractivity contribution in [3.05, 3.63) is 60.2 Å². The summed E-state index contributed by atoms with van der Waals surface area (Å²) in [5.74, 6) is -0.728. The fourth-order valence-corrected chi connectivity index (χ4v) is 2.20. The highest BCUT2D eigenvalue weighted by molar-refractivity contribution is 6.39. The maximum atomic E-state index is 12.4. The molecular weight excluding hydrogens is 292 g/mol. The molecule has 0 spiro atoms. The molecule has 5 nitrogen and oxygen atoms in total. The highest BCUT2D eigenvalue weighted by atomic mass is 16.5. The number of carbonyl (C=O) groups is 2. The minimum atomic E-state index is -0.674. The normalized spacial score (nSPS) is 10.0. The second kappa shape index (κ2) is 7.98. The van der Waals surface area contributed by atoms with Crippen molar-refractivity contribution >= 4 is 17.5 Å². The number of likely N-dealkylation sites (N-methyl/N-ethyl adjacent to an activating group) is 1. The molecular formula is C18H20N2O3. The number of anilines is 1. The zero-order valence-corrected chi connectivity index (χ0v) is 13.3. The second-order valence-electron chi connectivity index (χ2n) is 4.96. The Balaban J connectivity index is 2.06. The minimum absolute atomic E-state index is 0.398. The van der Waals surface area contributed by atoms with Crippen molar-refractivity contribution in [1.29, 1.82) is 0 Å². The topological polar surface area (TPSA) is 58.6 Å². The van der Waals surface area contributed by atoms with Gasteiger partial charge in [0.1, 0.15) is 5.75 Å². The second-order valence-corrected chi connectivity index (χ2v) is 4.96. The summed E-state index contributed by atoms with van der Waals surface area (Å²) in [6.07, 6.45) is 0. The molecule has 2 amide bonds. The Morgan fingerprint density at radius 2 is 1.70 bits per heavy atom. The Morgan fingerprint density at radius 3 is 2.35 bits per heavy atom. The molecule has 2 rings (SSSR count).